The molecule has 0 N–H and O–H groups in total. The lowest BCUT2D eigenvalue weighted by Gasteiger charge is -2.12. The highest BCUT2D eigenvalue weighted by molar-refractivity contribution is 7.90. The number of ether oxygens (including phenoxy) is 1. The molecule has 6 nitrogen and oxygen atoms in total. The molecule has 0 aliphatic heterocycles. The summed E-state index contributed by atoms with van der Waals surface area (Å²) in [4.78, 5) is 16.8. The lowest BCUT2D eigenvalue weighted by atomic mass is 10.1. The maximum absolute atomic E-state index is 13.0. The highest BCUT2D eigenvalue weighted by atomic mass is 32.2. The number of carbonyl (C=O) groups is 1. The number of ketones is 1. The molecule has 0 saturated heterocycles. The van der Waals surface area contributed by atoms with Gasteiger partial charge in [-0.3, -0.25) is 9.79 Å². The maximum Gasteiger partial charge on any atom is 0.268 e. The first kappa shape index (κ1) is 23.4. The van der Waals surface area contributed by atoms with E-state index in [4.69, 9.17) is 4.74 Å². The minimum Gasteiger partial charge on any atom is -0.485 e. The quantitative estimate of drug-likeness (QED) is 0.341. The molecular weight excluding hydrogens is 448 g/mol. The van der Waals surface area contributed by atoms with Crippen LogP contribution in [0.2, 0.25) is 0 Å². The Hall–Kier alpha value is -3.71. The molecule has 0 spiro atoms. The second-order valence-electron chi connectivity index (χ2n) is 8.23. The number of Topliss-reactive ketones (excluding diaryl/α,β-unsaturated/α-hetero) is 1. The SMILES string of the molecule is Cc1cc(C)c(OCC(=O)CN=Cc2cccc3c2ccn3S(=O)(=O)c2ccccc2)c(C)c1. The summed E-state index contributed by atoms with van der Waals surface area (Å²) >= 11 is 0. The van der Waals surface area contributed by atoms with Gasteiger partial charge in [0.15, 0.2) is 5.78 Å². The van der Waals surface area contributed by atoms with Crippen LogP contribution < -0.4 is 4.74 Å². The highest BCUT2D eigenvalue weighted by Crippen LogP contribution is 2.25. The van der Waals surface area contributed by atoms with Gasteiger partial charge in [0.05, 0.1) is 10.4 Å². The van der Waals surface area contributed by atoms with Crippen LogP contribution in [0.3, 0.4) is 0 Å². The number of rotatable bonds is 8. The molecule has 0 aliphatic carbocycles. The van der Waals surface area contributed by atoms with Gasteiger partial charge < -0.3 is 4.74 Å². The molecule has 0 bridgehead atoms. The Kier molecular flexibility index (Phi) is 6.65. The van der Waals surface area contributed by atoms with E-state index in [2.05, 4.69) is 4.99 Å². The summed E-state index contributed by atoms with van der Waals surface area (Å²) in [5.74, 6) is 0.584. The molecule has 0 saturated carbocycles. The normalized spacial score (nSPS) is 11.9. The maximum atomic E-state index is 13.0. The molecule has 3 aromatic carbocycles. The molecule has 0 fully saturated rings. The zero-order valence-electron chi connectivity index (χ0n) is 19.4. The van der Waals surface area contributed by atoms with Gasteiger partial charge in [-0.05, 0) is 56.2 Å². The van der Waals surface area contributed by atoms with Crippen molar-refractivity contribution in [2.45, 2.75) is 25.7 Å². The molecule has 0 atom stereocenters. The van der Waals surface area contributed by atoms with E-state index >= 15 is 0 Å². The number of fused-ring (bicyclic) bond motifs is 1. The second kappa shape index (κ2) is 9.65. The van der Waals surface area contributed by atoms with Crippen molar-refractivity contribution in [1.29, 1.82) is 0 Å². The van der Waals surface area contributed by atoms with Gasteiger partial charge in [0, 0.05) is 23.4 Å². The fraction of sp³-hybridized carbons (Fsp3) is 0.185. The number of carbonyl (C=O) groups excluding carboxylic acids is 1. The largest absolute Gasteiger partial charge is 0.485 e. The van der Waals surface area contributed by atoms with Gasteiger partial charge in [-0.15, -0.1) is 0 Å². The van der Waals surface area contributed by atoms with E-state index in [1.54, 1.807) is 54.7 Å². The first-order chi connectivity index (χ1) is 16.3. The van der Waals surface area contributed by atoms with Gasteiger partial charge in [-0.1, -0.05) is 48.0 Å². The molecule has 174 valence electrons. The Morgan fingerprint density at radius 3 is 2.38 bits per heavy atom. The first-order valence-corrected chi connectivity index (χ1v) is 12.3. The predicted octanol–water partition coefficient (Wildman–Crippen LogP) is 4.87. The van der Waals surface area contributed by atoms with Gasteiger partial charge in [0.25, 0.3) is 10.0 Å². The van der Waals surface area contributed by atoms with Crippen LogP contribution in [0, 0.1) is 20.8 Å². The lowest BCUT2D eigenvalue weighted by Crippen LogP contribution is -2.15. The summed E-state index contributed by atoms with van der Waals surface area (Å²) in [5, 5.41) is 0.736. The molecule has 0 amide bonds. The van der Waals surface area contributed by atoms with E-state index < -0.39 is 10.0 Å². The average Bonchev–Trinajstić information content (AvgIpc) is 3.25. The number of nitrogens with zero attached hydrogens (tertiary/aromatic N) is 2. The van der Waals surface area contributed by atoms with Crippen LogP contribution in [0.4, 0.5) is 0 Å². The third kappa shape index (κ3) is 4.79. The van der Waals surface area contributed by atoms with Gasteiger partial charge in [0.2, 0.25) is 0 Å². The third-order valence-corrected chi connectivity index (χ3v) is 7.22. The zero-order chi connectivity index (χ0) is 24.3. The van der Waals surface area contributed by atoms with Crippen LogP contribution in [0.5, 0.6) is 5.75 Å². The molecule has 0 radical (unpaired) electrons. The van der Waals surface area contributed by atoms with Gasteiger partial charge in [-0.25, -0.2) is 12.4 Å². The van der Waals surface area contributed by atoms with Crippen molar-refractivity contribution < 1.29 is 17.9 Å². The van der Waals surface area contributed by atoms with Crippen molar-refractivity contribution in [1.82, 2.24) is 3.97 Å². The van der Waals surface area contributed by atoms with E-state index in [1.165, 1.54) is 10.2 Å². The van der Waals surface area contributed by atoms with Crippen molar-refractivity contribution >= 4 is 32.9 Å². The Balaban J connectivity index is 1.48. The monoisotopic (exact) mass is 474 g/mol. The van der Waals surface area contributed by atoms with E-state index in [9.17, 15) is 13.2 Å². The molecule has 1 heterocycles. The Labute approximate surface area is 199 Å². The minimum atomic E-state index is -3.72. The van der Waals surface area contributed by atoms with Gasteiger partial charge >= 0.3 is 0 Å². The third-order valence-electron chi connectivity index (χ3n) is 5.51. The van der Waals surface area contributed by atoms with Crippen molar-refractivity contribution in [2.24, 2.45) is 4.99 Å². The van der Waals surface area contributed by atoms with Gasteiger partial charge in [0.1, 0.15) is 18.9 Å². The van der Waals surface area contributed by atoms with E-state index in [-0.39, 0.29) is 23.8 Å². The molecule has 1 aromatic heterocycles. The highest BCUT2D eigenvalue weighted by Gasteiger charge is 2.19. The molecule has 4 rings (SSSR count). The fourth-order valence-corrected chi connectivity index (χ4v) is 5.40. The van der Waals surface area contributed by atoms with Crippen LogP contribution in [-0.4, -0.2) is 37.5 Å². The van der Waals surface area contributed by atoms with Gasteiger partial charge in [-0.2, -0.15) is 0 Å². The molecule has 7 heteroatoms. The van der Waals surface area contributed by atoms with E-state index in [0.717, 1.165) is 33.4 Å². The number of hydrogen-bond donors (Lipinski definition) is 0. The Morgan fingerprint density at radius 1 is 0.971 bits per heavy atom. The second-order valence-corrected chi connectivity index (χ2v) is 10.0. The molecule has 0 unspecified atom stereocenters. The number of hydrogen-bond acceptors (Lipinski definition) is 5. The minimum absolute atomic E-state index is 0.0244. The van der Waals surface area contributed by atoms with E-state index in [0.29, 0.717) is 5.52 Å². The smallest absolute Gasteiger partial charge is 0.268 e. The molecular formula is C27H26N2O4S. The predicted molar refractivity (Wildman–Crippen MR) is 135 cm³/mol. The van der Waals surface area contributed by atoms with Crippen LogP contribution in [-0.2, 0) is 14.8 Å². The molecule has 34 heavy (non-hydrogen) atoms. The topological polar surface area (TPSA) is 77.7 Å². The summed E-state index contributed by atoms with van der Waals surface area (Å²) in [7, 11) is -3.72. The first-order valence-electron chi connectivity index (χ1n) is 10.9. The van der Waals surface area contributed by atoms with Crippen molar-refractivity contribution in [3.63, 3.8) is 0 Å². The number of aromatic nitrogens is 1. The standard InChI is InChI=1S/C27H26N2O4S/c1-19-14-20(2)27(21(3)15-19)33-18-23(30)17-28-16-22-8-7-11-26-25(22)12-13-29(26)34(31,32)24-9-5-4-6-10-24/h4-16H,17-18H2,1-3H3. The lowest BCUT2D eigenvalue weighted by molar-refractivity contribution is -0.119. The molecule has 4 aromatic rings. The summed E-state index contributed by atoms with van der Waals surface area (Å²) in [6, 6.07) is 19.4. The van der Waals surface area contributed by atoms with Crippen molar-refractivity contribution in [3.05, 3.63) is 95.2 Å². The Bertz CT molecular complexity index is 1460. The average molecular weight is 475 g/mol. The number of aryl methyl sites for hydroxylation is 3. The summed E-state index contributed by atoms with van der Waals surface area (Å²) in [5.41, 5.74) is 4.43. The van der Waals surface area contributed by atoms with E-state index in [1.807, 2.05) is 39.0 Å². The summed E-state index contributed by atoms with van der Waals surface area (Å²) < 4.78 is 33.1. The van der Waals surface area contributed by atoms with Crippen LogP contribution >= 0.6 is 0 Å². The Morgan fingerprint density at radius 2 is 1.68 bits per heavy atom. The van der Waals surface area contributed by atoms with Crippen molar-refractivity contribution in [3.8, 4) is 5.75 Å². The summed E-state index contributed by atoms with van der Waals surface area (Å²) in [6.45, 7) is 5.86. The number of aliphatic imine (C=N–C) groups is 1. The van der Waals surface area contributed by atoms with Crippen LogP contribution in [0.15, 0.2) is 82.8 Å². The summed E-state index contributed by atoms with van der Waals surface area (Å²) in [6.07, 6.45) is 3.14. The fourth-order valence-electron chi connectivity index (χ4n) is 4.03. The van der Waals surface area contributed by atoms with Crippen LogP contribution in [0.25, 0.3) is 10.9 Å². The van der Waals surface area contributed by atoms with Crippen LogP contribution in [0.1, 0.15) is 22.3 Å². The van der Waals surface area contributed by atoms with Crippen molar-refractivity contribution in [2.75, 3.05) is 13.2 Å². The zero-order valence-corrected chi connectivity index (χ0v) is 20.2. The number of benzene rings is 3. The molecule has 0 aliphatic rings.